The van der Waals surface area contributed by atoms with Gasteiger partial charge in [0, 0.05) is 14.6 Å². The van der Waals surface area contributed by atoms with Gasteiger partial charge in [-0.3, -0.25) is 0 Å². The Balaban J connectivity index is 1.97. The van der Waals surface area contributed by atoms with Crippen molar-refractivity contribution < 1.29 is 0 Å². The van der Waals surface area contributed by atoms with E-state index in [-0.39, 0.29) is 0 Å². The van der Waals surface area contributed by atoms with Crippen molar-refractivity contribution in [3.8, 4) is 9.75 Å². The number of rotatable bonds is 12. The fourth-order valence-corrected chi connectivity index (χ4v) is 5.17. The first-order chi connectivity index (χ1) is 11.8. The van der Waals surface area contributed by atoms with Crippen molar-refractivity contribution in [1.29, 1.82) is 0 Å². The molecule has 0 unspecified atom stereocenters. The molecule has 0 aliphatic rings. The quantitative estimate of drug-likeness (QED) is 0.333. The summed E-state index contributed by atoms with van der Waals surface area (Å²) in [5.74, 6) is 0. The normalized spacial score (nSPS) is 11.1. The van der Waals surface area contributed by atoms with Crippen LogP contribution in [0.15, 0.2) is 24.1 Å². The zero-order valence-corrected chi connectivity index (χ0v) is 17.0. The molecule has 0 atom stereocenters. The van der Waals surface area contributed by atoms with Crippen molar-refractivity contribution in [2.24, 2.45) is 0 Å². The average molecular weight is 361 g/mol. The standard InChI is InChI=1S/C22H32S2/c1-4-7-9-11-13-18-15-21(23-17-18)22-16-19(20(6-3)24-22)14-12-10-8-5-2/h6,15-17H,3-5,7-14H2,1-2H3. The second kappa shape index (κ2) is 10.9. The topological polar surface area (TPSA) is 0 Å². The summed E-state index contributed by atoms with van der Waals surface area (Å²) in [4.78, 5) is 4.24. The van der Waals surface area contributed by atoms with Gasteiger partial charge in [-0.1, -0.05) is 65.0 Å². The van der Waals surface area contributed by atoms with E-state index < -0.39 is 0 Å². The van der Waals surface area contributed by atoms with Crippen LogP contribution >= 0.6 is 22.7 Å². The Morgan fingerprint density at radius 1 is 0.875 bits per heavy atom. The fourth-order valence-electron chi connectivity index (χ4n) is 3.07. The van der Waals surface area contributed by atoms with Crippen molar-refractivity contribution >= 4 is 28.7 Å². The van der Waals surface area contributed by atoms with Crippen LogP contribution < -0.4 is 0 Å². The molecule has 132 valence electrons. The summed E-state index contributed by atoms with van der Waals surface area (Å²) in [5.41, 5.74) is 3.02. The Kier molecular flexibility index (Phi) is 8.83. The molecule has 2 heteroatoms. The highest BCUT2D eigenvalue weighted by Gasteiger charge is 2.10. The van der Waals surface area contributed by atoms with Crippen LogP contribution in [0.1, 0.15) is 81.2 Å². The van der Waals surface area contributed by atoms with Crippen molar-refractivity contribution in [1.82, 2.24) is 0 Å². The van der Waals surface area contributed by atoms with E-state index in [1.165, 1.54) is 90.0 Å². The molecule has 0 radical (unpaired) electrons. The maximum atomic E-state index is 4.02. The molecule has 2 aromatic rings. The summed E-state index contributed by atoms with van der Waals surface area (Å²) in [7, 11) is 0. The molecule has 2 heterocycles. The zero-order chi connectivity index (χ0) is 17.2. The molecule has 0 aliphatic heterocycles. The van der Waals surface area contributed by atoms with E-state index in [0.29, 0.717) is 0 Å². The van der Waals surface area contributed by atoms with E-state index in [0.717, 1.165) is 0 Å². The lowest BCUT2D eigenvalue weighted by Gasteiger charge is -1.99. The van der Waals surface area contributed by atoms with Crippen LogP contribution in [0.25, 0.3) is 15.8 Å². The molecule has 0 fully saturated rings. The lowest BCUT2D eigenvalue weighted by Crippen LogP contribution is -1.85. The lowest BCUT2D eigenvalue weighted by atomic mass is 10.1. The van der Waals surface area contributed by atoms with Gasteiger partial charge in [-0.15, -0.1) is 22.7 Å². The highest BCUT2D eigenvalue weighted by atomic mass is 32.1. The number of hydrogen-bond acceptors (Lipinski definition) is 2. The maximum absolute atomic E-state index is 4.02. The minimum absolute atomic E-state index is 1.20. The molecule has 0 N–H and O–H groups in total. The summed E-state index contributed by atoms with van der Waals surface area (Å²) in [6.45, 7) is 8.57. The average Bonchev–Trinajstić information content (AvgIpc) is 3.22. The second-order valence-electron chi connectivity index (χ2n) is 6.64. The van der Waals surface area contributed by atoms with Gasteiger partial charge < -0.3 is 0 Å². The monoisotopic (exact) mass is 360 g/mol. The van der Waals surface area contributed by atoms with Crippen LogP contribution in [0, 0.1) is 0 Å². The van der Waals surface area contributed by atoms with Gasteiger partial charge in [-0.2, -0.15) is 0 Å². The van der Waals surface area contributed by atoms with Crippen LogP contribution in [0.2, 0.25) is 0 Å². The Bertz CT molecular complexity index is 603. The molecule has 0 saturated carbocycles. The summed E-state index contributed by atoms with van der Waals surface area (Å²) in [6.07, 6.45) is 15.2. The van der Waals surface area contributed by atoms with Gasteiger partial charge >= 0.3 is 0 Å². The van der Waals surface area contributed by atoms with E-state index in [4.69, 9.17) is 0 Å². The number of thiophene rings is 2. The highest BCUT2D eigenvalue weighted by Crippen LogP contribution is 2.37. The molecule has 0 nitrogen and oxygen atoms in total. The molecule has 2 rings (SSSR count). The van der Waals surface area contributed by atoms with Gasteiger partial charge in [0.25, 0.3) is 0 Å². The van der Waals surface area contributed by atoms with Crippen LogP contribution in [0.4, 0.5) is 0 Å². The van der Waals surface area contributed by atoms with Gasteiger partial charge in [0.15, 0.2) is 0 Å². The van der Waals surface area contributed by atoms with Crippen molar-refractivity contribution in [3.05, 3.63) is 40.1 Å². The van der Waals surface area contributed by atoms with Crippen LogP contribution in [0.3, 0.4) is 0 Å². The molecular weight excluding hydrogens is 328 g/mol. The smallest absolute Gasteiger partial charge is 0.0451 e. The summed E-state index contributed by atoms with van der Waals surface area (Å²) >= 11 is 3.82. The van der Waals surface area contributed by atoms with Crippen LogP contribution in [-0.2, 0) is 12.8 Å². The van der Waals surface area contributed by atoms with Gasteiger partial charge in [0.2, 0.25) is 0 Å². The van der Waals surface area contributed by atoms with Crippen LogP contribution in [-0.4, -0.2) is 0 Å². The molecule has 0 aromatic carbocycles. The predicted octanol–water partition coefficient (Wildman–Crippen LogP) is 8.37. The molecule has 0 saturated heterocycles. The third-order valence-electron chi connectivity index (χ3n) is 4.54. The van der Waals surface area contributed by atoms with Crippen molar-refractivity contribution in [2.75, 3.05) is 0 Å². The Morgan fingerprint density at radius 2 is 1.58 bits per heavy atom. The van der Waals surface area contributed by atoms with E-state index in [9.17, 15) is 0 Å². The summed E-state index contributed by atoms with van der Waals surface area (Å²) in [5, 5.41) is 2.36. The molecule has 24 heavy (non-hydrogen) atoms. The molecule has 0 bridgehead atoms. The van der Waals surface area contributed by atoms with E-state index in [2.05, 4.69) is 37.9 Å². The Hall–Kier alpha value is -0.860. The molecular formula is C22H32S2. The lowest BCUT2D eigenvalue weighted by molar-refractivity contribution is 0.667. The van der Waals surface area contributed by atoms with Crippen molar-refractivity contribution in [3.63, 3.8) is 0 Å². The van der Waals surface area contributed by atoms with Gasteiger partial charge in [-0.05, 0) is 54.3 Å². The minimum atomic E-state index is 1.20. The summed E-state index contributed by atoms with van der Waals surface area (Å²) in [6, 6.07) is 4.83. The first-order valence-corrected chi connectivity index (χ1v) is 11.3. The summed E-state index contributed by atoms with van der Waals surface area (Å²) < 4.78 is 0. The predicted molar refractivity (Wildman–Crippen MR) is 113 cm³/mol. The maximum Gasteiger partial charge on any atom is 0.0451 e. The van der Waals surface area contributed by atoms with Gasteiger partial charge in [-0.25, -0.2) is 0 Å². The van der Waals surface area contributed by atoms with Crippen molar-refractivity contribution in [2.45, 2.75) is 78.1 Å². The molecule has 0 aliphatic carbocycles. The number of unbranched alkanes of at least 4 members (excludes halogenated alkanes) is 6. The number of hydrogen-bond donors (Lipinski definition) is 0. The minimum Gasteiger partial charge on any atom is -0.143 e. The fraction of sp³-hybridized carbons (Fsp3) is 0.545. The third kappa shape index (κ3) is 5.89. The van der Waals surface area contributed by atoms with E-state index in [1.54, 1.807) is 0 Å². The molecule has 0 spiro atoms. The van der Waals surface area contributed by atoms with Gasteiger partial charge in [0.1, 0.15) is 0 Å². The van der Waals surface area contributed by atoms with Crippen LogP contribution in [0.5, 0.6) is 0 Å². The Labute approximate surface area is 156 Å². The molecule has 0 amide bonds. The van der Waals surface area contributed by atoms with E-state index in [1.807, 2.05) is 28.7 Å². The first kappa shape index (κ1) is 19.5. The number of aryl methyl sites for hydroxylation is 2. The first-order valence-electron chi connectivity index (χ1n) is 9.61. The largest absolute Gasteiger partial charge is 0.143 e. The Morgan fingerprint density at radius 3 is 2.25 bits per heavy atom. The highest BCUT2D eigenvalue weighted by molar-refractivity contribution is 7.21. The SMILES string of the molecule is C=Cc1sc(-c2cc(CCCCCC)cs2)cc1CCCCCC. The second-order valence-corrected chi connectivity index (χ2v) is 8.64. The van der Waals surface area contributed by atoms with Gasteiger partial charge in [0.05, 0.1) is 0 Å². The third-order valence-corrected chi connectivity index (χ3v) is 6.89. The van der Waals surface area contributed by atoms with E-state index >= 15 is 0 Å². The zero-order valence-electron chi connectivity index (χ0n) is 15.4. The molecule has 2 aromatic heterocycles.